The lowest BCUT2D eigenvalue weighted by Crippen LogP contribution is -2.35. The molecule has 112 valence electrons. The molecular weight excluding hydrogens is 246 g/mol. The van der Waals surface area contributed by atoms with E-state index in [1.165, 1.54) is 37.8 Å². The summed E-state index contributed by atoms with van der Waals surface area (Å²) >= 11 is 0. The zero-order valence-corrected chi connectivity index (χ0v) is 13.4. The summed E-state index contributed by atoms with van der Waals surface area (Å²) in [7, 11) is 0. The van der Waals surface area contributed by atoms with Crippen molar-refractivity contribution < 1.29 is 5.11 Å². The third-order valence-corrected chi connectivity index (χ3v) is 4.38. The van der Waals surface area contributed by atoms with E-state index in [1.54, 1.807) is 0 Å². The minimum Gasteiger partial charge on any atom is -0.507 e. The van der Waals surface area contributed by atoms with Gasteiger partial charge in [0.2, 0.25) is 0 Å². The molecule has 1 aromatic rings. The Kier molecular flexibility index (Phi) is 5.09. The van der Waals surface area contributed by atoms with E-state index >= 15 is 0 Å². The minimum atomic E-state index is 0.449. The van der Waals surface area contributed by atoms with Gasteiger partial charge in [0.25, 0.3) is 0 Å². The Labute approximate surface area is 123 Å². The van der Waals surface area contributed by atoms with Crippen LogP contribution in [0.15, 0.2) is 12.1 Å². The van der Waals surface area contributed by atoms with Gasteiger partial charge in [-0.25, -0.2) is 0 Å². The van der Waals surface area contributed by atoms with Gasteiger partial charge in [0.05, 0.1) is 0 Å². The number of hydrogen-bond donors (Lipinski definition) is 1. The molecule has 1 saturated carbocycles. The zero-order valence-electron chi connectivity index (χ0n) is 13.4. The maximum absolute atomic E-state index is 9.91. The van der Waals surface area contributed by atoms with Gasteiger partial charge in [-0.15, -0.1) is 0 Å². The fraction of sp³-hybridized carbons (Fsp3) is 0.667. The minimum absolute atomic E-state index is 0.449. The molecule has 0 radical (unpaired) electrons. The normalized spacial score (nSPS) is 16.5. The zero-order chi connectivity index (χ0) is 14.7. The van der Waals surface area contributed by atoms with Crippen molar-refractivity contribution in [2.45, 2.75) is 66.0 Å². The van der Waals surface area contributed by atoms with E-state index in [2.05, 4.69) is 30.9 Å². The molecule has 2 nitrogen and oxygen atoms in total. The molecule has 0 saturated heterocycles. The van der Waals surface area contributed by atoms with Crippen molar-refractivity contribution in [3.63, 3.8) is 0 Å². The van der Waals surface area contributed by atoms with Crippen LogP contribution in [-0.2, 0) is 6.54 Å². The lowest BCUT2D eigenvalue weighted by molar-refractivity contribution is 0.168. The van der Waals surface area contributed by atoms with Crippen LogP contribution in [0.1, 0.15) is 56.2 Å². The SMILES string of the molecule is Cc1cc(CN(CC(C)C)C2CCCC2)cc(C)c1O. The summed E-state index contributed by atoms with van der Waals surface area (Å²) in [5.74, 6) is 1.15. The van der Waals surface area contributed by atoms with Crippen LogP contribution in [0, 0.1) is 19.8 Å². The maximum atomic E-state index is 9.91. The van der Waals surface area contributed by atoms with E-state index in [4.69, 9.17) is 0 Å². The molecule has 0 amide bonds. The van der Waals surface area contributed by atoms with E-state index in [9.17, 15) is 5.11 Å². The number of phenolic OH excluding ortho intramolecular Hbond substituents is 1. The molecule has 0 spiro atoms. The molecule has 1 aliphatic carbocycles. The van der Waals surface area contributed by atoms with Crippen molar-refractivity contribution >= 4 is 0 Å². The van der Waals surface area contributed by atoms with Crippen LogP contribution >= 0.6 is 0 Å². The first-order valence-electron chi connectivity index (χ1n) is 8.00. The summed E-state index contributed by atoms with van der Waals surface area (Å²) in [6.45, 7) is 10.8. The summed E-state index contributed by atoms with van der Waals surface area (Å²) in [5, 5.41) is 9.91. The number of nitrogens with zero attached hydrogens (tertiary/aromatic N) is 1. The summed E-state index contributed by atoms with van der Waals surface area (Å²) in [4.78, 5) is 2.66. The molecule has 0 aliphatic heterocycles. The highest BCUT2D eigenvalue weighted by Crippen LogP contribution is 2.28. The highest BCUT2D eigenvalue weighted by molar-refractivity contribution is 5.42. The molecule has 1 aromatic carbocycles. The second kappa shape index (κ2) is 6.62. The van der Waals surface area contributed by atoms with Crippen LogP contribution in [-0.4, -0.2) is 22.6 Å². The molecule has 1 N–H and O–H groups in total. The van der Waals surface area contributed by atoms with Gasteiger partial charge in [-0.3, -0.25) is 4.90 Å². The monoisotopic (exact) mass is 275 g/mol. The largest absolute Gasteiger partial charge is 0.507 e. The molecule has 0 bridgehead atoms. The number of rotatable bonds is 5. The first kappa shape index (κ1) is 15.4. The van der Waals surface area contributed by atoms with Crippen LogP contribution < -0.4 is 0 Å². The summed E-state index contributed by atoms with van der Waals surface area (Å²) in [6.07, 6.45) is 5.46. The molecule has 0 aromatic heterocycles. The van der Waals surface area contributed by atoms with Gasteiger partial charge >= 0.3 is 0 Å². The fourth-order valence-corrected chi connectivity index (χ4v) is 3.45. The first-order valence-corrected chi connectivity index (χ1v) is 8.00. The Hall–Kier alpha value is -1.02. The second-order valence-corrected chi connectivity index (χ2v) is 6.84. The predicted octanol–water partition coefficient (Wildman–Crippen LogP) is 4.41. The van der Waals surface area contributed by atoms with E-state index in [1.807, 2.05) is 13.8 Å². The molecule has 0 heterocycles. The molecule has 20 heavy (non-hydrogen) atoms. The third kappa shape index (κ3) is 3.76. The van der Waals surface area contributed by atoms with Crippen molar-refractivity contribution in [1.29, 1.82) is 0 Å². The Morgan fingerprint density at radius 3 is 2.20 bits per heavy atom. The Balaban J connectivity index is 2.14. The van der Waals surface area contributed by atoms with Crippen LogP contribution in [0.2, 0.25) is 0 Å². The molecule has 0 unspecified atom stereocenters. The Morgan fingerprint density at radius 2 is 1.70 bits per heavy atom. The molecule has 1 aliphatic rings. The third-order valence-electron chi connectivity index (χ3n) is 4.38. The fourth-order valence-electron chi connectivity index (χ4n) is 3.45. The standard InChI is InChI=1S/C18H29NO/c1-13(2)11-19(17-7-5-6-8-17)12-16-9-14(3)18(20)15(4)10-16/h9-10,13,17,20H,5-8,11-12H2,1-4H3. The van der Waals surface area contributed by atoms with Crippen molar-refractivity contribution in [3.8, 4) is 5.75 Å². The van der Waals surface area contributed by atoms with E-state index in [0.717, 1.165) is 23.7 Å². The molecular formula is C18H29NO. The number of hydrogen-bond acceptors (Lipinski definition) is 2. The summed E-state index contributed by atoms with van der Waals surface area (Å²) in [6, 6.07) is 5.04. The smallest absolute Gasteiger partial charge is 0.121 e. The van der Waals surface area contributed by atoms with Crippen molar-refractivity contribution in [3.05, 3.63) is 28.8 Å². The highest BCUT2D eigenvalue weighted by Gasteiger charge is 2.23. The molecule has 2 heteroatoms. The summed E-state index contributed by atoms with van der Waals surface area (Å²) < 4.78 is 0. The number of benzene rings is 1. The van der Waals surface area contributed by atoms with Gasteiger partial charge in [-0.2, -0.15) is 0 Å². The van der Waals surface area contributed by atoms with Gasteiger partial charge in [0, 0.05) is 19.1 Å². The maximum Gasteiger partial charge on any atom is 0.121 e. The van der Waals surface area contributed by atoms with Gasteiger partial charge in [0.15, 0.2) is 0 Å². The second-order valence-electron chi connectivity index (χ2n) is 6.84. The van der Waals surface area contributed by atoms with Crippen molar-refractivity contribution in [2.24, 2.45) is 5.92 Å². The first-order chi connectivity index (χ1) is 9.47. The summed E-state index contributed by atoms with van der Waals surface area (Å²) in [5.41, 5.74) is 3.33. The van der Waals surface area contributed by atoms with Gasteiger partial charge in [0.1, 0.15) is 5.75 Å². The lowest BCUT2D eigenvalue weighted by Gasteiger charge is -2.30. The number of phenols is 1. The quantitative estimate of drug-likeness (QED) is 0.860. The van der Waals surface area contributed by atoms with Crippen molar-refractivity contribution in [1.82, 2.24) is 4.90 Å². The average molecular weight is 275 g/mol. The predicted molar refractivity (Wildman–Crippen MR) is 85.1 cm³/mol. The topological polar surface area (TPSA) is 23.5 Å². The van der Waals surface area contributed by atoms with Gasteiger partial charge in [-0.05, 0) is 49.3 Å². The van der Waals surface area contributed by atoms with E-state index < -0.39 is 0 Å². The lowest BCUT2D eigenvalue weighted by atomic mass is 10.0. The van der Waals surface area contributed by atoms with Crippen molar-refractivity contribution in [2.75, 3.05) is 6.54 Å². The molecule has 2 rings (SSSR count). The molecule has 0 atom stereocenters. The van der Waals surface area contributed by atoms with Gasteiger partial charge in [-0.1, -0.05) is 38.8 Å². The average Bonchev–Trinajstić information content (AvgIpc) is 2.88. The Bertz CT molecular complexity index is 424. The van der Waals surface area contributed by atoms with E-state index in [0.29, 0.717) is 11.7 Å². The number of aryl methyl sites for hydroxylation is 2. The van der Waals surface area contributed by atoms with Crippen LogP contribution in [0.4, 0.5) is 0 Å². The van der Waals surface area contributed by atoms with Crippen LogP contribution in [0.3, 0.4) is 0 Å². The number of aromatic hydroxyl groups is 1. The van der Waals surface area contributed by atoms with Gasteiger partial charge < -0.3 is 5.11 Å². The molecule has 1 fully saturated rings. The van der Waals surface area contributed by atoms with Crippen LogP contribution in [0.25, 0.3) is 0 Å². The Morgan fingerprint density at radius 1 is 1.15 bits per heavy atom. The van der Waals surface area contributed by atoms with E-state index in [-0.39, 0.29) is 0 Å². The van der Waals surface area contributed by atoms with Crippen LogP contribution in [0.5, 0.6) is 5.75 Å². The highest BCUT2D eigenvalue weighted by atomic mass is 16.3.